The van der Waals surface area contributed by atoms with Crippen LogP contribution in [0.4, 0.5) is 0 Å². The fourth-order valence-electron chi connectivity index (χ4n) is 3.85. The molecule has 3 aromatic rings. The van der Waals surface area contributed by atoms with Crippen molar-refractivity contribution in [3.05, 3.63) is 72.1 Å². The van der Waals surface area contributed by atoms with Crippen LogP contribution in [0.2, 0.25) is 0 Å². The van der Waals surface area contributed by atoms with Crippen LogP contribution in [0.15, 0.2) is 60.6 Å². The summed E-state index contributed by atoms with van der Waals surface area (Å²) in [6.07, 6.45) is 3.97. The molecule has 0 bridgehead atoms. The van der Waals surface area contributed by atoms with E-state index < -0.39 is 0 Å². The number of carbonyl (C=O) groups is 1. The maximum absolute atomic E-state index is 12.3. The Labute approximate surface area is 174 Å². The van der Waals surface area contributed by atoms with Gasteiger partial charge in [0.1, 0.15) is 17.8 Å². The lowest BCUT2D eigenvalue weighted by atomic mass is 9.98. The van der Waals surface area contributed by atoms with Crippen molar-refractivity contribution in [1.82, 2.24) is 30.5 Å². The Bertz CT molecular complexity index is 1020. The lowest BCUT2D eigenvalue weighted by Gasteiger charge is -2.41. The Hall–Kier alpha value is -3.39. The summed E-state index contributed by atoms with van der Waals surface area (Å²) in [6, 6.07) is 13.7. The molecule has 0 radical (unpaired) electrons. The summed E-state index contributed by atoms with van der Waals surface area (Å²) in [6.45, 7) is 3.22. The monoisotopic (exact) mass is 404 g/mol. The molecule has 0 spiro atoms. The number of rotatable bonds is 7. The largest absolute Gasteiger partial charge is 0.476 e. The van der Waals surface area contributed by atoms with Gasteiger partial charge in [0.25, 0.3) is 5.91 Å². The number of aromatic amines is 1. The van der Waals surface area contributed by atoms with Crippen LogP contribution >= 0.6 is 0 Å². The quantitative estimate of drug-likeness (QED) is 0.553. The molecule has 1 amide bonds. The molecule has 3 N–H and O–H groups in total. The number of ether oxygens (including phenoxy) is 1. The summed E-state index contributed by atoms with van der Waals surface area (Å²) in [5.74, 6) is 1.20. The third-order valence-electron chi connectivity index (χ3n) is 5.55. The highest BCUT2D eigenvalue weighted by Crippen LogP contribution is 2.24. The molecule has 1 unspecified atom stereocenters. The second-order valence-corrected chi connectivity index (χ2v) is 7.71. The summed E-state index contributed by atoms with van der Waals surface area (Å²) in [4.78, 5) is 26.9. The van der Waals surface area contributed by atoms with Crippen LogP contribution in [0.5, 0.6) is 0 Å². The minimum atomic E-state index is -0.177. The van der Waals surface area contributed by atoms with Crippen molar-refractivity contribution in [2.24, 2.45) is 5.92 Å². The number of aromatic nitrogens is 3. The van der Waals surface area contributed by atoms with Gasteiger partial charge in [0.05, 0.1) is 23.3 Å². The van der Waals surface area contributed by atoms with Crippen molar-refractivity contribution in [1.29, 1.82) is 0 Å². The number of likely N-dealkylation sites (tertiary alicyclic amines) is 1. The molecule has 4 heterocycles. The van der Waals surface area contributed by atoms with Crippen molar-refractivity contribution < 1.29 is 9.53 Å². The molecule has 5 rings (SSSR count). The van der Waals surface area contributed by atoms with Crippen LogP contribution in [0.3, 0.4) is 0 Å². The van der Waals surface area contributed by atoms with Crippen LogP contribution in [0, 0.1) is 5.92 Å². The van der Waals surface area contributed by atoms with Gasteiger partial charge in [0.2, 0.25) is 0 Å². The van der Waals surface area contributed by atoms with Gasteiger partial charge in [-0.2, -0.15) is 0 Å². The number of hydrogen-bond donors (Lipinski definition) is 3. The number of nitrogens with zero attached hydrogens (tertiary/aromatic N) is 3. The fourth-order valence-corrected chi connectivity index (χ4v) is 3.85. The highest BCUT2D eigenvalue weighted by molar-refractivity contribution is 5.92. The molecule has 8 nitrogen and oxygen atoms in total. The second-order valence-electron chi connectivity index (χ2n) is 7.71. The van der Waals surface area contributed by atoms with Gasteiger partial charge in [0.15, 0.2) is 6.23 Å². The van der Waals surface area contributed by atoms with Crippen LogP contribution in [0.1, 0.15) is 11.5 Å². The standard InChI is InChI=1S/C22H24N6O2/c29-21(24-11-16-5-3-4-9-23-16)19-14-30-22(27-19)15-12-28(13-15)10-8-20-25-17-6-1-2-7-18(17)26-20/h1-7,9,14-15,22,27H,8,10-13H2,(H,24,29)(H,25,26). The van der Waals surface area contributed by atoms with Gasteiger partial charge in [-0.1, -0.05) is 18.2 Å². The number of para-hydroxylation sites is 2. The predicted octanol–water partition coefficient (Wildman–Crippen LogP) is 1.54. The zero-order valence-corrected chi connectivity index (χ0v) is 16.5. The Morgan fingerprint density at radius 2 is 2.07 bits per heavy atom. The van der Waals surface area contributed by atoms with E-state index in [1.807, 2.05) is 42.5 Å². The summed E-state index contributed by atoms with van der Waals surface area (Å²) in [7, 11) is 0. The summed E-state index contributed by atoms with van der Waals surface area (Å²) in [5, 5.41) is 6.06. The van der Waals surface area contributed by atoms with Gasteiger partial charge in [-0.15, -0.1) is 0 Å². The molecule has 8 heteroatoms. The number of imidazole rings is 1. The molecule has 1 saturated heterocycles. The van der Waals surface area contributed by atoms with Gasteiger partial charge < -0.3 is 25.3 Å². The molecule has 0 aliphatic carbocycles. The number of carbonyl (C=O) groups excluding carboxylic acids is 1. The van der Waals surface area contributed by atoms with Gasteiger partial charge in [-0.3, -0.25) is 9.78 Å². The molecule has 1 aromatic carbocycles. The maximum atomic E-state index is 12.3. The molecule has 1 atom stereocenters. The Balaban J connectivity index is 1.04. The number of H-pyrrole nitrogens is 1. The molecule has 2 aliphatic rings. The smallest absolute Gasteiger partial charge is 0.270 e. The molecule has 2 aromatic heterocycles. The summed E-state index contributed by atoms with van der Waals surface area (Å²) < 4.78 is 5.70. The third kappa shape index (κ3) is 3.99. The van der Waals surface area contributed by atoms with Crippen LogP contribution in [-0.4, -0.2) is 51.6 Å². The lowest BCUT2D eigenvalue weighted by molar-refractivity contribution is -0.118. The van der Waals surface area contributed by atoms with E-state index in [9.17, 15) is 4.79 Å². The van der Waals surface area contributed by atoms with Gasteiger partial charge in [0, 0.05) is 38.2 Å². The number of hydrogen-bond acceptors (Lipinski definition) is 6. The second kappa shape index (κ2) is 8.16. The number of benzene rings is 1. The first kappa shape index (κ1) is 18.6. The van der Waals surface area contributed by atoms with Crippen molar-refractivity contribution in [3.8, 4) is 0 Å². The SMILES string of the molecule is O=C(NCc1ccccn1)C1=COC(C2CN(CCc3nc4ccccc4[nH]3)C2)N1. The van der Waals surface area contributed by atoms with Crippen LogP contribution in [-0.2, 0) is 22.5 Å². The molecule has 1 fully saturated rings. The van der Waals surface area contributed by atoms with E-state index in [-0.39, 0.29) is 12.1 Å². The lowest BCUT2D eigenvalue weighted by Crippen LogP contribution is -2.55. The van der Waals surface area contributed by atoms with E-state index in [0.717, 1.165) is 48.6 Å². The van der Waals surface area contributed by atoms with E-state index in [4.69, 9.17) is 4.74 Å². The van der Waals surface area contributed by atoms with Crippen molar-refractivity contribution in [2.75, 3.05) is 19.6 Å². The van der Waals surface area contributed by atoms with Gasteiger partial charge in [-0.05, 0) is 24.3 Å². The summed E-state index contributed by atoms with van der Waals surface area (Å²) >= 11 is 0. The molecular weight excluding hydrogens is 380 g/mol. The summed E-state index contributed by atoms with van der Waals surface area (Å²) in [5.41, 5.74) is 3.38. The average Bonchev–Trinajstić information content (AvgIpc) is 3.38. The zero-order valence-electron chi connectivity index (χ0n) is 16.5. The number of nitrogens with one attached hydrogen (secondary N) is 3. The number of amides is 1. The Kier molecular flexibility index (Phi) is 5.06. The van der Waals surface area contributed by atoms with Gasteiger partial charge in [-0.25, -0.2) is 4.98 Å². The maximum Gasteiger partial charge on any atom is 0.270 e. The number of pyridine rings is 1. The minimum absolute atomic E-state index is 0.150. The average molecular weight is 404 g/mol. The molecule has 30 heavy (non-hydrogen) atoms. The first-order valence-corrected chi connectivity index (χ1v) is 10.2. The first-order chi connectivity index (χ1) is 14.7. The van der Waals surface area contributed by atoms with Crippen molar-refractivity contribution >= 4 is 16.9 Å². The molecular formula is C22H24N6O2. The van der Waals surface area contributed by atoms with E-state index >= 15 is 0 Å². The van der Waals surface area contributed by atoms with E-state index in [1.165, 1.54) is 6.26 Å². The van der Waals surface area contributed by atoms with Crippen molar-refractivity contribution in [2.45, 2.75) is 19.2 Å². The first-order valence-electron chi connectivity index (χ1n) is 10.2. The topological polar surface area (TPSA) is 95.2 Å². The highest BCUT2D eigenvalue weighted by atomic mass is 16.5. The molecule has 154 valence electrons. The van der Waals surface area contributed by atoms with Crippen LogP contribution < -0.4 is 10.6 Å². The van der Waals surface area contributed by atoms with Crippen LogP contribution in [0.25, 0.3) is 11.0 Å². The van der Waals surface area contributed by atoms with Crippen molar-refractivity contribution in [3.63, 3.8) is 0 Å². The molecule has 0 saturated carbocycles. The third-order valence-corrected chi connectivity index (χ3v) is 5.55. The molecule has 2 aliphatic heterocycles. The minimum Gasteiger partial charge on any atom is -0.476 e. The Morgan fingerprint density at radius 1 is 1.20 bits per heavy atom. The van der Waals surface area contributed by atoms with Gasteiger partial charge >= 0.3 is 0 Å². The fraction of sp³-hybridized carbons (Fsp3) is 0.318. The van der Waals surface area contributed by atoms with E-state index in [2.05, 4.69) is 30.5 Å². The normalized spacial score (nSPS) is 19.1. The number of fused-ring (bicyclic) bond motifs is 1. The Morgan fingerprint density at radius 3 is 2.90 bits per heavy atom. The van der Waals surface area contributed by atoms with E-state index in [0.29, 0.717) is 18.2 Å². The predicted molar refractivity (Wildman–Crippen MR) is 112 cm³/mol. The highest BCUT2D eigenvalue weighted by Gasteiger charge is 2.37. The van der Waals surface area contributed by atoms with E-state index in [1.54, 1.807) is 6.20 Å². The zero-order chi connectivity index (χ0) is 20.3.